The molecule has 1 aliphatic rings. The first-order chi connectivity index (χ1) is 8.50. The molecule has 2 nitrogen and oxygen atoms in total. The Morgan fingerprint density at radius 1 is 1.28 bits per heavy atom. The van der Waals surface area contributed by atoms with E-state index in [2.05, 4.69) is 39.0 Å². The summed E-state index contributed by atoms with van der Waals surface area (Å²) in [5, 5.41) is 0. The predicted molar refractivity (Wildman–Crippen MR) is 77.5 cm³/mol. The largest absolute Gasteiger partial charge is 0.330 e. The predicted octanol–water partition coefficient (Wildman–Crippen LogP) is 3.25. The highest BCUT2D eigenvalue weighted by molar-refractivity contribution is 5.36. The van der Waals surface area contributed by atoms with Crippen molar-refractivity contribution in [2.75, 3.05) is 6.54 Å². The van der Waals surface area contributed by atoms with Crippen molar-refractivity contribution in [1.82, 2.24) is 0 Å². The highest BCUT2D eigenvalue weighted by Gasteiger charge is 2.42. The summed E-state index contributed by atoms with van der Waals surface area (Å²) >= 11 is 0. The van der Waals surface area contributed by atoms with Crippen LogP contribution in [0.2, 0.25) is 0 Å². The van der Waals surface area contributed by atoms with E-state index in [0.717, 1.165) is 0 Å². The fraction of sp³-hybridized carbons (Fsp3) is 0.625. The van der Waals surface area contributed by atoms with Crippen LogP contribution in [0.15, 0.2) is 18.2 Å². The van der Waals surface area contributed by atoms with E-state index in [4.69, 9.17) is 11.5 Å². The van der Waals surface area contributed by atoms with E-state index < -0.39 is 0 Å². The van der Waals surface area contributed by atoms with Gasteiger partial charge < -0.3 is 11.5 Å². The fourth-order valence-corrected chi connectivity index (χ4v) is 2.96. The number of aryl methyl sites for hydroxylation is 1. The van der Waals surface area contributed by atoms with Crippen LogP contribution >= 0.6 is 0 Å². The van der Waals surface area contributed by atoms with Gasteiger partial charge in [0.25, 0.3) is 0 Å². The maximum atomic E-state index is 6.54. The van der Waals surface area contributed by atoms with Gasteiger partial charge in [-0.3, -0.25) is 0 Å². The van der Waals surface area contributed by atoms with Gasteiger partial charge in [0.05, 0.1) is 0 Å². The molecule has 0 radical (unpaired) electrons. The van der Waals surface area contributed by atoms with Gasteiger partial charge in [0.15, 0.2) is 0 Å². The van der Waals surface area contributed by atoms with Gasteiger partial charge in [0.2, 0.25) is 0 Å². The van der Waals surface area contributed by atoms with Crippen molar-refractivity contribution in [3.63, 3.8) is 0 Å². The summed E-state index contributed by atoms with van der Waals surface area (Å²) in [5.41, 5.74) is 16.6. The van der Waals surface area contributed by atoms with Crippen molar-refractivity contribution in [3.05, 3.63) is 34.9 Å². The van der Waals surface area contributed by atoms with Crippen molar-refractivity contribution in [1.29, 1.82) is 0 Å². The summed E-state index contributed by atoms with van der Waals surface area (Å²) in [4.78, 5) is 0. The van der Waals surface area contributed by atoms with Gasteiger partial charge in [-0.1, -0.05) is 38.5 Å². The number of hydrogen-bond donors (Lipinski definition) is 2. The van der Waals surface area contributed by atoms with E-state index >= 15 is 0 Å². The van der Waals surface area contributed by atoms with Crippen LogP contribution in [0.25, 0.3) is 0 Å². The Morgan fingerprint density at radius 2 is 1.94 bits per heavy atom. The van der Waals surface area contributed by atoms with Gasteiger partial charge in [0.1, 0.15) is 0 Å². The minimum absolute atomic E-state index is 0.0925. The molecule has 18 heavy (non-hydrogen) atoms. The minimum atomic E-state index is 0.0925. The highest BCUT2D eigenvalue weighted by atomic mass is 14.8. The second-order valence-corrected chi connectivity index (χ2v) is 6.17. The molecule has 2 heteroatoms. The second-order valence-electron chi connectivity index (χ2n) is 6.17. The molecule has 0 aliphatic heterocycles. The molecule has 0 spiro atoms. The van der Waals surface area contributed by atoms with Crippen LogP contribution in [0.5, 0.6) is 0 Å². The number of hydrogen-bond acceptors (Lipinski definition) is 2. The van der Waals surface area contributed by atoms with Gasteiger partial charge in [0, 0.05) is 11.5 Å². The molecule has 1 aliphatic carbocycles. The molecule has 0 heterocycles. The molecule has 0 aromatic heterocycles. The molecule has 0 saturated heterocycles. The van der Waals surface area contributed by atoms with E-state index in [1.807, 2.05) is 0 Å². The molecule has 1 saturated carbocycles. The SMILES string of the molecule is Cc1ccc(C(C)C)cc1C(N)C1(CN)CCC1. The second kappa shape index (κ2) is 5.02. The number of rotatable bonds is 4. The zero-order valence-corrected chi connectivity index (χ0v) is 11.9. The third kappa shape index (κ3) is 2.19. The molecular weight excluding hydrogens is 220 g/mol. The Morgan fingerprint density at radius 3 is 2.39 bits per heavy atom. The molecule has 0 bridgehead atoms. The summed E-state index contributed by atoms with van der Waals surface area (Å²) in [6.45, 7) is 7.31. The van der Waals surface area contributed by atoms with Gasteiger partial charge in [-0.25, -0.2) is 0 Å². The van der Waals surface area contributed by atoms with Crippen LogP contribution in [-0.2, 0) is 0 Å². The van der Waals surface area contributed by atoms with Crippen molar-refractivity contribution in [3.8, 4) is 0 Å². The molecule has 1 atom stereocenters. The average Bonchev–Trinajstić information content (AvgIpc) is 2.28. The van der Waals surface area contributed by atoms with Crippen LogP contribution in [0.3, 0.4) is 0 Å². The number of benzene rings is 1. The van der Waals surface area contributed by atoms with E-state index in [-0.39, 0.29) is 11.5 Å². The third-order valence-electron chi connectivity index (χ3n) is 4.72. The van der Waals surface area contributed by atoms with E-state index in [1.165, 1.54) is 36.0 Å². The molecule has 1 aromatic carbocycles. The zero-order valence-electron chi connectivity index (χ0n) is 11.9. The molecule has 1 fully saturated rings. The Balaban J connectivity index is 2.34. The van der Waals surface area contributed by atoms with Crippen molar-refractivity contribution >= 4 is 0 Å². The van der Waals surface area contributed by atoms with Crippen LogP contribution in [-0.4, -0.2) is 6.54 Å². The van der Waals surface area contributed by atoms with Gasteiger partial charge in [-0.2, -0.15) is 0 Å². The first kappa shape index (κ1) is 13.6. The Labute approximate surface area is 111 Å². The molecule has 0 amide bonds. The maximum Gasteiger partial charge on any atom is 0.0367 e. The van der Waals surface area contributed by atoms with Crippen molar-refractivity contribution in [2.24, 2.45) is 16.9 Å². The molecule has 4 N–H and O–H groups in total. The molecular formula is C16H26N2. The van der Waals surface area contributed by atoms with Crippen LogP contribution < -0.4 is 11.5 Å². The Kier molecular flexibility index (Phi) is 3.79. The van der Waals surface area contributed by atoms with Gasteiger partial charge >= 0.3 is 0 Å². The monoisotopic (exact) mass is 246 g/mol. The lowest BCUT2D eigenvalue weighted by Gasteiger charge is -2.46. The lowest BCUT2D eigenvalue weighted by Crippen LogP contribution is -2.46. The fourth-order valence-electron chi connectivity index (χ4n) is 2.96. The van der Waals surface area contributed by atoms with Gasteiger partial charge in [-0.15, -0.1) is 0 Å². The Hall–Kier alpha value is -0.860. The minimum Gasteiger partial charge on any atom is -0.330 e. The van der Waals surface area contributed by atoms with Crippen LogP contribution in [0.4, 0.5) is 0 Å². The van der Waals surface area contributed by atoms with Crippen molar-refractivity contribution in [2.45, 2.75) is 52.0 Å². The first-order valence-electron chi connectivity index (χ1n) is 7.06. The Bertz CT molecular complexity index is 414. The van der Waals surface area contributed by atoms with E-state index in [1.54, 1.807) is 0 Å². The zero-order chi connectivity index (χ0) is 13.3. The summed E-state index contributed by atoms with van der Waals surface area (Å²) in [7, 11) is 0. The average molecular weight is 246 g/mol. The molecule has 1 aromatic rings. The quantitative estimate of drug-likeness (QED) is 0.857. The summed E-state index contributed by atoms with van der Waals surface area (Å²) in [5.74, 6) is 0.548. The standard InChI is InChI=1S/C16H26N2/c1-11(2)13-6-5-12(3)14(9-13)15(18)16(10-17)7-4-8-16/h5-6,9,11,15H,4,7-8,10,17-18H2,1-3H3. The van der Waals surface area contributed by atoms with Crippen molar-refractivity contribution < 1.29 is 0 Å². The lowest BCUT2D eigenvalue weighted by molar-refractivity contribution is 0.104. The maximum absolute atomic E-state index is 6.54. The van der Waals surface area contributed by atoms with Crippen LogP contribution in [0, 0.1) is 12.3 Å². The number of nitrogens with two attached hydrogens (primary N) is 2. The van der Waals surface area contributed by atoms with Gasteiger partial charge in [-0.05, 0) is 48.9 Å². The highest BCUT2D eigenvalue weighted by Crippen LogP contribution is 2.49. The van der Waals surface area contributed by atoms with Crippen LogP contribution in [0.1, 0.15) is 61.8 Å². The smallest absolute Gasteiger partial charge is 0.0367 e. The summed E-state index contributed by atoms with van der Waals surface area (Å²) < 4.78 is 0. The van der Waals surface area contributed by atoms with E-state index in [9.17, 15) is 0 Å². The summed E-state index contributed by atoms with van der Waals surface area (Å²) in [6, 6.07) is 6.80. The van der Waals surface area contributed by atoms with E-state index in [0.29, 0.717) is 12.5 Å². The lowest BCUT2D eigenvalue weighted by atomic mass is 9.62. The molecule has 2 rings (SSSR count). The first-order valence-corrected chi connectivity index (χ1v) is 7.06. The normalized spacial score (nSPS) is 19.7. The molecule has 100 valence electrons. The third-order valence-corrected chi connectivity index (χ3v) is 4.72. The topological polar surface area (TPSA) is 52.0 Å². The molecule has 1 unspecified atom stereocenters. The summed E-state index contributed by atoms with van der Waals surface area (Å²) in [6.07, 6.45) is 3.62.